The van der Waals surface area contributed by atoms with Crippen molar-refractivity contribution < 1.29 is 0 Å². The van der Waals surface area contributed by atoms with Gasteiger partial charge in [0.15, 0.2) is 0 Å². The fourth-order valence-electron chi connectivity index (χ4n) is 8.55. The van der Waals surface area contributed by atoms with Gasteiger partial charge >= 0.3 is 0 Å². The lowest BCUT2D eigenvalue weighted by atomic mass is 9.84. The van der Waals surface area contributed by atoms with Crippen molar-refractivity contribution in [2.75, 3.05) is 9.80 Å². The minimum atomic E-state index is 1.11. The van der Waals surface area contributed by atoms with E-state index in [9.17, 15) is 0 Å². The molecule has 9 rings (SSSR count). The van der Waals surface area contributed by atoms with E-state index in [-0.39, 0.29) is 0 Å². The van der Waals surface area contributed by atoms with Crippen molar-refractivity contribution in [1.29, 1.82) is 0 Å². The lowest BCUT2D eigenvalue weighted by molar-refractivity contribution is 1.29. The summed E-state index contributed by atoms with van der Waals surface area (Å²) in [5.41, 5.74) is 16.6. The van der Waals surface area contributed by atoms with Gasteiger partial charge in [0.2, 0.25) is 0 Å². The zero-order chi connectivity index (χ0) is 38.2. The van der Waals surface area contributed by atoms with Crippen LogP contribution in [0, 0.1) is 27.7 Å². The van der Waals surface area contributed by atoms with Gasteiger partial charge in [-0.1, -0.05) is 144 Å². The van der Waals surface area contributed by atoms with Gasteiger partial charge in [0, 0.05) is 34.1 Å². The Kier molecular flexibility index (Phi) is 9.17. The Morgan fingerprint density at radius 2 is 0.536 bits per heavy atom. The maximum absolute atomic E-state index is 2.42. The molecule has 9 aromatic carbocycles. The fourth-order valence-corrected chi connectivity index (χ4v) is 8.55. The molecule has 0 N–H and O–H groups in total. The van der Waals surface area contributed by atoms with E-state index < -0.39 is 0 Å². The van der Waals surface area contributed by atoms with Gasteiger partial charge in [0.05, 0.1) is 0 Å². The van der Waals surface area contributed by atoms with Crippen LogP contribution in [0.3, 0.4) is 0 Å². The topological polar surface area (TPSA) is 6.48 Å². The molecule has 0 aliphatic carbocycles. The minimum Gasteiger partial charge on any atom is -0.310 e. The van der Waals surface area contributed by atoms with Crippen molar-refractivity contribution in [3.8, 4) is 22.3 Å². The molecule has 56 heavy (non-hydrogen) atoms. The van der Waals surface area contributed by atoms with Gasteiger partial charge in [0.25, 0.3) is 0 Å². The molecule has 0 amide bonds. The van der Waals surface area contributed by atoms with Crippen LogP contribution >= 0.6 is 0 Å². The van der Waals surface area contributed by atoms with Crippen LogP contribution in [0.25, 0.3) is 43.8 Å². The summed E-state index contributed by atoms with van der Waals surface area (Å²) >= 11 is 0. The van der Waals surface area contributed by atoms with E-state index in [2.05, 4.69) is 232 Å². The SMILES string of the molecule is Cc1cc(C)cc(-c2c3ccc(N(c4ccccc4)c4ccccc4)cc3c(-c3cc(C)cc(C)c3)c3ccc(N(c4ccccc4)c4ccccc4)cc23)c1. The molecule has 0 spiro atoms. The van der Waals surface area contributed by atoms with Crippen LogP contribution in [0.15, 0.2) is 194 Å². The third-order valence-electron chi connectivity index (χ3n) is 10.7. The molecule has 0 heterocycles. The predicted molar refractivity (Wildman–Crippen MR) is 241 cm³/mol. The van der Waals surface area contributed by atoms with E-state index in [1.165, 1.54) is 66.1 Å². The van der Waals surface area contributed by atoms with Crippen LogP contribution in [0.2, 0.25) is 0 Å². The van der Waals surface area contributed by atoms with Crippen LogP contribution in [-0.4, -0.2) is 0 Å². The number of fused-ring (bicyclic) bond motifs is 2. The summed E-state index contributed by atoms with van der Waals surface area (Å²) in [6.45, 7) is 8.83. The second-order valence-corrected chi connectivity index (χ2v) is 15.0. The third kappa shape index (κ3) is 6.61. The first-order valence-corrected chi connectivity index (χ1v) is 19.4. The Bertz CT molecular complexity index is 2510. The number of nitrogens with zero attached hydrogens (tertiary/aromatic N) is 2. The normalized spacial score (nSPS) is 11.2. The van der Waals surface area contributed by atoms with Gasteiger partial charge in [0.1, 0.15) is 0 Å². The van der Waals surface area contributed by atoms with Crippen LogP contribution in [0.5, 0.6) is 0 Å². The predicted octanol–water partition coefficient (Wildman–Crippen LogP) is 15.5. The zero-order valence-electron chi connectivity index (χ0n) is 32.4. The second kappa shape index (κ2) is 14.7. The highest BCUT2D eigenvalue weighted by atomic mass is 15.1. The summed E-state index contributed by atoms with van der Waals surface area (Å²) in [6, 6.07) is 70.9. The quantitative estimate of drug-likeness (QED) is 0.144. The molecule has 270 valence electrons. The molecule has 0 atom stereocenters. The Labute approximate surface area is 330 Å². The van der Waals surface area contributed by atoms with E-state index in [4.69, 9.17) is 0 Å². The second-order valence-electron chi connectivity index (χ2n) is 15.0. The van der Waals surface area contributed by atoms with Crippen LogP contribution in [-0.2, 0) is 0 Å². The monoisotopic (exact) mass is 720 g/mol. The van der Waals surface area contributed by atoms with E-state index >= 15 is 0 Å². The summed E-state index contributed by atoms with van der Waals surface area (Å²) in [6.07, 6.45) is 0. The Hall–Kier alpha value is -6.90. The van der Waals surface area contributed by atoms with Crippen molar-refractivity contribution in [2.45, 2.75) is 27.7 Å². The maximum Gasteiger partial charge on any atom is 0.0468 e. The number of hydrogen-bond acceptors (Lipinski definition) is 2. The van der Waals surface area contributed by atoms with Crippen LogP contribution in [0.1, 0.15) is 22.3 Å². The molecule has 0 fully saturated rings. The molecule has 0 aromatic heterocycles. The molecule has 2 heteroatoms. The standard InChI is InChI=1S/C54H44N2/c1-37-29-38(2)32-41(31-37)53-49-27-25-48(56(45-21-13-7-14-22-45)46-23-15-8-16-24-46)36-52(49)54(42-33-39(3)30-40(4)34-42)50-28-26-47(35-51(50)53)55(43-17-9-5-10-18-43)44-19-11-6-12-20-44/h5-36H,1-4H3. The van der Waals surface area contributed by atoms with Crippen LogP contribution < -0.4 is 9.80 Å². The highest BCUT2D eigenvalue weighted by Gasteiger charge is 2.22. The summed E-state index contributed by atoms with van der Waals surface area (Å²) in [5, 5.41) is 4.90. The molecule has 9 aromatic rings. The number of anilines is 6. The number of benzene rings is 9. The number of para-hydroxylation sites is 4. The van der Waals surface area contributed by atoms with Gasteiger partial charge in [-0.3, -0.25) is 0 Å². The molecule has 0 bridgehead atoms. The number of aryl methyl sites for hydroxylation is 4. The van der Waals surface area contributed by atoms with E-state index in [0.29, 0.717) is 0 Å². The Morgan fingerprint density at radius 3 is 0.821 bits per heavy atom. The van der Waals surface area contributed by atoms with Crippen molar-refractivity contribution >= 4 is 55.7 Å². The molecular formula is C54H44N2. The van der Waals surface area contributed by atoms with E-state index in [1.54, 1.807) is 0 Å². The maximum atomic E-state index is 2.42. The lowest BCUT2D eigenvalue weighted by Crippen LogP contribution is -2.10. The fraction of sp³-hybridized carbons (Fsp3) is 0.0741. The molecule has 0 unspecified atom stereocenters. The first-order chi connectivity index (χ1) is 27.4. The minimum absolute atomic E-state index is 1.11. The van der Waals surface area contributed by atoms with Gasteiger partial charge in [-0.05, 0) is 144 Å². The molecule has 0 radical (unpaired) electrons. The highest BCUT2D eigenvalue weighted by Crippen LogP contribution is 2.48. The smallest absolute Gasteiger partial charge is 0.0468 e. The summed E-state index contributed by atoms with van der Waals surface area (Å²) in [5.74, 6) is 0. The zero-order valence-corrected chi connectivity index (χ0v) is 32.4. The number of rotatable bonds is 8. The summed E-state index contributed by atoms with van der Waals surface area (Å²) in [7, 11) is 0. The highest BCUT2D eigenvalue weighted by molar-refractivity contribution is 6.22. The van der Waals surface area contributed by atoms with Crippen molar-refractivity contribution in [2.24, 2.45) is 0 Å². The molecule has 0 saturated carbocycles. The van der Waals surface area contributed by atoms with E-state index in [1.807, 2.05) is 0 Å². The van der Waals surface area contributed by atoms with Gasteiger partial charge in [-0.2, -0.15) is 0 Å². The van der Waals surface area contributed by atoms with Crippen molar-refractivity contribution in [3.05, 3.63) is 216 Å². The summed E-state index contributed by atoms with van der Waals surface area (Å²) in [4.78, 5) is 4.73. The summed E-state index contributed by atoms with van der Waals surface area (Å²) < 4.78 is 0. The average molecular weight is 721 g/mol. The average Bonchev–Trinajstić information content (AvgIpc) is 3.21. The van der Waals surface area contributed by atoms with Gasteiger partial charge in [-0.25, -0.2) is 0 Å². The molecule has 2 nitrogen and oxygen atoms in total. The van der Waals surface area contributed by atoms with Gasteiger partial charge in [-0.15, -0.1) is 0 Å². The first kappa shape index (κ1) is 34.8. The van der Waals surface area contributed by atoms with Crippen molar-refractivity contribution in [3.63, 3.8) is 0 Å². The third-order valence-corrected chi connectivity index (χ3v) is 10.7. The molecular weight excluding hydrogens is 677 g/mol. The number of hydrogen-bond donors (Lipinski definition) is 0. The lowest BCUT2D eigenvalue weighted by Gasteiger charge is -2.28. The molecule has 0 saturated heterocycles. The van der Waals surface area contributed by atoms with Gasteiger partial charge < -0.3 is 9.80 Å². The first-order valence-electron chi connectivity index (χ1n) is 19.4. The largest absolute Gasteiger partial charge is 0.310 e. The van der Waals surface area contributed by atoms with Crippen molar-refractivity contribution in [1.82, 2.24) is 0 Å². The Balaban J connectivity index is 1.41. The van der Waals surface area contributed by atoms with E-state index in [0.717, 1.165) is 34.1 Å². The Morgan fingerprint density at radius 1 is 0.250 bits per heavy atom. The molecule has 0 aliphatic rings. The molecule has 0 aliphatic heterocycles. The van der Waals surface area contributed by atoms with Crippen LogP contribution in [0.4, 0.5) is 34.1 Å².